The molecule has 2 aromatic carbocycles. The molecule has 0 aromatic heterocycles. The van der Waals surface area contributed by atoms with E-state index in [0.29, 0.717) is 30.0 Å². The van der Waals surface area contributed by atoms with Crippen LogP contribution in [0.3, 0.4) is 0 Å². The third-order valence-electron chi connectivity index (χ3n) is 5.44. The van der Waals surface area contributed by atoms with Crippen LogP contribution in [-0.4, -0.2) is 55.4 Å². The van der Waals surface area contributed by atoms with E-state index in [1.54, 1.807) is 30.7 Å². The highest BCUT2D eigenvalue weighted by Gasteiger charge is 2.36. The van der Waals surface area contributed by atoms with E-state index in [4.69, 9.17) is 21.1 Å². The number of amides is 1. The van der Waals surface area contributed by atoms with E-state index < -0.39 is 0 Å². The molecule has 0 bridgehead atoms. The molecule has 3 rings (SSSR count). The molecule has 1 atom stereocenters. The summed E-state index contributed by atoms with van der Waals surface area (Å²) in [6.07, 6.45) is 0.827. The van der Waals surface area contributed by atoms with Crippen LogP contribution in [0.25, 0.3) is 0 Å². The highest BCUT2D eigenvalue weighted by molar-refractivity contribution is 8.00. The van der Waals surface area contributed by atoms with Crippen LogP contribution in [0.5, 0.6) is 11.5 Å². The molecule has 1 N–H and O–H groups in total. The Morgan fingerprint density at radius 1 is 1.25 bits per heavy atom. The molecule has 2 aromatic rings. The van der Waals surface area contributed by atoms with Gasteiger partial charge < -0.3 is 14.6 Å². The fourth-order valence-electron chi connectivity index (χ4n) is 3.80. The second-order valence-electron chi connectivity index (χ2n) is 7.93. The lowest BCUT2D eigenvalue weighted by Crippen LogP contribution is -2.35. The minimum absolute atomic E-state index is 0.0612. The number of ether oxygens (including phenoxy) is 2. The molecule has 8 heteroatoms. The number of anilines is 1. The van der Waals surface area contributed by atoms with Gasteiger partial charge in [0.1, 0.15) is 16.9 Å². The summed E-state index contributed by atoms with van der Waals surface area (Å²) in [6.45, 7) is 7.97. The SMILES string of the molecule is COc1ccc(OCCCN(CCO)C(C)C)c(C2Sc3ccc(Cl)cc3N2C(C)=O)c1. The maximum absolute atomic E-state index is 12.6. The first-order valence-corrected chi connectivity index (χ1v) is 12.0. The van der Waals surface area contributed by atoms with Gasteiger partial charge in [0.15, 0.2) is 0 Å². The second-order valence-corrected chi connectivity index (χ2v) is 9.49. The number of rotatable bonds is 10. The van der Waals surface area contributed by atoms with Crippen LogP contribution in [0.4, 0.5) is 5.69 Å². The number of aliphatic hydroxyl groups is 1. The Hall–Kier alpha value is -1.93. The fourth-order valence-corrected chi connectivity index (χ4v) is 5.31. The smallest absolute Gasteiger partial charge is 0.225 e. The number of hydrogen-bond donors (Lipinski definition) is 1. The van der Waals surface area contributed by atoms with E-state index >= 15 is 0 Å². The molecule has 0 radical (unpaired) electrons. The predicted octanol–water partition coefficient (Wildman–Crippen LogP) is 4.98. The summed E-state index contributed by atoms with van der Waals surface area (Å²) in [5.41, 5.74) is 1.69. The van der Waals surface area contributed by atoms with Gasteiger partial charge >= 0.3 is 0 Å². The monoisotopic (exact) mass is 478 g/mol. The molecule has 0 fully saturated rings. The number of nitrogens with zero attached hydrogens (tertiary/aromatic N) is 2. The van der Waals surface area contributed by atoms with Crippen LogP contribution in [0.1, 0.15) is 38.1 Å². The van der Waals surface area contributed by atoms with Gasteiger partial charge in [-0.05, 0) is 56.7 Å². The first-order valence-electron chi connectivity index (χ1n) is 10.8. The first kappa shape index (κ1) is 24.7. The quantitative estimate of drug-likeness (QED) is 0.486. The van der Waals surface area contributed by atoms with E-state index in [1.165, 1.54) is 0 Å². The lowest BCUT2D eigenvalue weighted by molar-refractivity contribution is -0.116. The van der Waals surface area contributed by atoms with Gasteiger partial charge in [-0.25, -0.2) is 0 Å². The Bertz CT molecular complexity index is 940. The zero-order valence-corrected chi connectivity index (χ0v) is 20.6. The Morgan fingerprint density at radius 2 is 2.03 bits per heavy atom. The second kappa shape index (κ2) is 11.3. The highest BCUT2D eigenvalue weighted by Crippen LogP contribution is 2.54. The number of thioether (sulfide) groups is 1. The van der Waals surface area contributed by atoms with Crippen LogP contribution in [-0.2, 0) is 4.79 Å². The van der Waals surface area contributed by atoms with Crippen molar-refractivity contribution in [2.75, 3.05) is 38.3 Å². The minimum atomic E-state index is -0.271. The molecular weight excluding hydrogens is 448 g/mol. The molecule has 32 heavy (non-hydrogen) atoms. The predicted molar refractivity (Wildman–Crippen MR) is 130 cm³/mol. The van der Waals surface area contributed by atoms with Gasteiger partial charge in [-0.1, -0.05) is 23.4 Å². The maximum Gasteiger partial charge on any atom is 0.225 e. The molecule has 0 aliphatic carbocycles. The third-order valence-corrected chi connectivity index (χ3v) is 6.96. The molecule has 1 aliphatic rings. The van der Waals surface area contributed by atoms with Crippen molar-refractivity contribution in [3.8, 4) is 11.5 Å². The number of halogens is 1. The van der Waals surface area contributed by atoms with E-state index in [-0.39, 0.29) is 17.9 Å². The molecule has 1 aliphatic heterocycles. The van der Waals surface area contributed by atoms with Gasteiger partial charge in [-0.2, -0.15) is 0 Å². The van der Waals surface area contributed by atoms with Crippen molar-refractivity contribution in [1.29, 1.82) is 0 Å². The number of carbonyl (C=O) groups excluding carboxylic acids is 1. The van der Waals surface area contributed by atoms with Crippen molar-refractivity contribution in [3.05, 3.63) is 47.0 Å². The Balaban J connectivity index is 1.81. The number of benzene rings is 2. The highest BCUT2D eigenvalue weighted by atomic mass is 35.5. The number of hydrogen-bond acceptors (Lipinski definition) is 6. The summed E-state index contributed by atoms with van der Waals surface area (Å²) in [5, 5.41) is 9.58. The van der Waals surface area contributed by atoms with Gasteiger partial charge in [0.05, 0.1) is 26.0 Å². The van der Waals surface area contributed by atoms with E-state index in [2.05, 4.69) is 18.7 Å². The van der Waals surface area contributed by atoms with Gasteiger partial charge in [0, 0.05) is 41.5 Å². The zero-order valence-electron chi connectivity index (χ0n) is 19.0. The number of fused-ring (bicyclic) bond motifs is 1. The lowest BCUT2D eigenvalue weighted by Gasteiger charge is -2.27. The van der Waals surface area contributed by atoms with Crippen LogP contribution in [0, 0.1) is 0 Å². The van der Waals surface area contributed by atoms with Gasteiger partial charge in [-0.3, -0.25) is 14.6 Å². The normalized spacial score (nSPS) is 15.4. The number of methoxy groups -OCH3 is 1. The molecular formula is C24H31ClN2O4S. The van der Waals surface area contributed by atoms with Crippen LogP contribution in [0.15, 0.2) is 41.3 Å². The Kier molecular flexibility index (Phi) is 8.71. The summed E-state index contributed by atoms with van der Waals surface area (Å²) in [6, 6.07) is 11.7. The van der Waals surface area contributed by atoms with Gasteiger partial charge in [0.2, 0.25) is 5.91 Å². The van der Waals surface area contributed by atoms with Crippen LogP contribution in [0.2, 0.25) is 5.02 Å². The van der Waals surface area contributed by atoms with Crippen molar-refractivity contribution >= 4 is 35.0 Å². The van der Waals surface area contributed by atoms with Gasteiger partial charge in [0.25, 0.3) is 0 Å². The fraction of sp³-hybridized carbons (Fsp3) is 0.458. The molecule has 174 valence electrons. The van der Waals surface area contributed by atoms with Crippen molar-refractivity contribution in [2.24, 2.45) is 0 Å². The number of carbonyl (C=O) groups is 1. The molecule has 0 saturated heterocycles. The molecule has 0 spiro atoms. The van der Waals surface area contributed by atoms with Crippen molar-refractivity contribution < 1.29 is 19.4 Å². The average Bonchev–Trinajstić information content (AvgIpc) is 3.14. The molecule has 1 unspecified atom stereocenters. The topological polar surface area (TPSA) is 62.2 Å². The summed E-state index contributed by atoms with van der Waals surface area (Å²) in [5.74, 6) is 1.37. The average molecular weight is 479 g/mol. The Morgan fingerprint density at radius 3 is 2.69 bits per heavy atom. The first-order chi connectivity index (χ1) is 15.3. The van der Waals surface area contributed by atoms with Crippen LogP contribution >= 0.6 is 23.4 Å². The molecule has 0 saturated carbocycles. The van der Waals surface area contributed by atoms with Crippen molar-refractivity contribution in [1.82, 2.24) is 4.90 Å². The van der Waals surface area contributed by atoms with E-state index in [9.17, 15) is 9.90 Å². The van der Waals surface area contributed by atoms with E-state index in [1.807, 2.05) is 36.4 Å². The van der Waals surface area contributed by atoms with Crippen LogP contribution < -0.4 is 14.4 Å². The minimum Gasteiger partial charge on any atom is -0.497 e. The van der Waals surface area contributed by atoms with Gasteiger partial charge in [-0.15, -0.1) is 0 Å². The van der Waals surface area contributed by atoms with Crippen molar-refractivity contribution in [3.63, 3.8) is 0 Å². The summed E-state index contributed by atoms with van der Waals surface area (Å²) in [7, 11) is 1.63. The molecule has 1 amide bonds. The van der Waals surface area contributed by atoms with Crippen molar-refractivity contribution in [2.45, 2.75) is 43.5 Å². The van der Waals surface area contributed by atoms with E-state index in [0.717, 1.165) is 34.9 Å². The Labute approximate surface area is 199 Å². The lowest BCUT2D eigenvalue weighted by atomic mass is 10.1. The maximum atomic E-state index is 12.6. The summed E-state index contributed by atoms with van der Waals surface area (Å²) < 4.78 is 11.6. The summed E-state index contributed by atoms with van der Waals surface area (Å²) >= 11 is 7.81. The largest absolute Gasteiger partial charge is 0.497 e. The zero-order chi connectivity index (χ0) is 23.3. The molecule has 6 nitrogen and oxygen atoms in total. The third kappa shape index (κ3) is 5.70. The summed E-state index contributed by atoms with van der Waals surface area (Å²) in [4.78, 5) is 17.6. The standard InChI is InChI=1S/C24H31ClN2O4S/c1-16(2)26(11-12-28)10-5-13-31-22-8-7-19(30-4)15-20(22)24-27(17(3)29)21-14-18(25)6-9-23(21)32-24/h6-9,14-16,24,28H,5,10-13H2,1-4H3. The molecule has 1 heterocycles. The number of aliphatic hydroxyl groups excluding tert-OH is 1.